The Bertz CT molecular complexity index is 799. The van der Waals surface area contributed by atoms with Crippen LogP contribution < -0.4 is 14.2 Å². The Morgan fingerprint density at radius 3 is 2.17 bits per heavy atom. The number of carbonyl (C=O) groups is 1. The molecule has 1 saturated heterocycles. The molecule has 0 bridgehead atoms. The Kier molecular flexibility index (Phi) is 7.36. The van der Waals surface area contributed by atoms with E-state index in [0.29, 0.717) is 24.5 Å². The van der Waals surface area contributed by atoms with E-state index in [0.717, 1.165) is 44.0 Å². The van der Waals surface area contributed by atoms with Crippen LogP contribution in [0.15, 0.2) is 42.5 Å². The highest BCUT2D eigenvalue weighted by Crippen LogP contribution is 2.28. The fraction of sp³-hybridized carbons (Fsp3) is 0.435. The van der Waals surface area contributed by atoms with Gasteiger partial charge in [0.05, 0.1) is 27.2 Å². The lowest BCUT2D eigenvalue weighted by Crippen LogP contribution is -2.48. The first-order valence-electron chi connectivity index (χ1n) is 10.1. The highest BCUT2D eigenvalue weighted by atomic mass is 16.5. The van der Waals surface area contributed by atoms with Crippen molar-refractivity contribution in [2.45, 2.75) is 19.9 Å². The molecular weight excluding hydrogens is 368 g/mol. The van der Waals surface area contributed by atoms with Crippen LogP contribution in [-0.4, -0.2) is 62.7 Å². The average Bonchev–Trinajstić information content (AvgIpc) is 2.75. The minimum atomic E-state index is 0.151. The number of ether oxygens (including phenoxy) is 3. The molecule has 0 aromatic heterocycles. The zero-order valence-electron chi connectivity index (χ0n) is 17.5. The van der Waals surface area contributed by atoms with E-state index in [1.54, 1.807) is 14.2 Å². The molecule has 156 valence electrons. The van der Waals surface area contributed by atoms with E-state index in [1.807, 2.05) is 42.2 Å². The molecule has 6 heteroatoms. The molecule has 0 unspecified atom stereocenters. The summed E-state index contributed by atoms with van der Waals surface area (Å²) in [5.41, 5.74) is 2.20. The molecule has 29 heavy (non-hydrogen) atoms. The molecule has 2 aromatic rings. The fourth-order valence-electron chi connectivity index (χ4n) is 3.55. The number of carbonyl (C=O) groups excluding carboxylic acids is 1. The summed E-state index contributed by atoms with van der Waals surface area (Å²) < 4.78 is 16.1. The highest BCUT2D eigenvalue weighted by Gasteiger charge is 2.21. The summed E-state index contributed by atoms with van der Waals surface area (Å²) in [6.07, 6.45) is 0.374. The van der Waals surface area contributed by atoms with Gasteiger partial charge in [-0.05, 0) is 42.3 Å². The molecule has 2 aromatic carbocycles. The van der Waals surface area contributed by atoms with Crippen molar-refractivity contribution in [2.24, 2.45) is 0 Å². The Morgan fingerprint density at radius 2 is 1.55 bits per heavy atom. The number of benzene rings is 2. The molecule has 1 aliphatic rings. The molecule has 0 spiro atoms. The number of nitrogens with zero attached hydrogens (tertiary/aromatic N) is 2. The van der Waals surface area contributed by atoms with Crippen molar-refractivity contribution in [3.8, 4) is 17.2 Å². The van der Waals surface area contributed by atoms with Crippen LogP contribution >= 0.6 is 0 Å². The zero-order valence-corrected chi connectivity index (χ0v) is 17.5. The summed E-state index contributed by atoms with van der Waals surface area (Å²) in [6.45, 7) is 6.82. The highest BCUT2D eigenvalue weighted by molar-refractivity contribution is 5.79. The fourth-order valence-corrected chi connectivity index (χ4v) is 3.55. The first kappa shape index (κ1) is 21.0. The minimum Gasteiger partial charge on any atom is -0.494 e. The second-order valence-electron chi connectivity index (χ2n) is 7.10. The third-order valence-electron chi connectivity index (χ3n) is 5.17. The number of hydrogen-bond acceptors (Lipinski definition) is 5. The molecule has 0 N–H and O–H groups in total. The van der Waals surface area contributed by atoms with Gasteiger partial charge in [0.25, 0.3) is 0 Å². The molecule has 3 rings (SSSR count). The number of methoxy groups -OCH3 is 2. The van der Waals surface area contributed by atoms with Crippen molar-refractivity contribution in [3.05, 3.63) is 53.6 Å². The van der Waals surface area contributed by atoms with Gasteiger partial charge in [-0.15, -0.1) is 0 Å². The van der Waals surface area contributed by atoms with E-state index in [4.69, 9.17) is 14.2 Å². The van der Waals surface area contributed by atoms with Crippen molar-refractivity contribution >= 4 is 5.91 Å². The van der Waals surface area contributed by atoms with E-state index in [2.05, 4.69) is 17.0 Å². The number of rotatable bonds is 8. The van der Waals surface area contributed by atoms with E-state index >= 15 is 0 Å². The van der Waals surface area contributed by atoms with Crippen molar-refractivity contribution in [3.63, 3.8) is 0 Å². The summed E-state index contributed by atoms with van der Waals surface area (Å²) in [4.78, 5) is 17.0. The van der Waals surface area contributed by atoms with Crippen LogP contribution in [0.1, 0.15) is 18.1 Å². The van der Waals surface area contributed by atoms with Crippen LogP contribution in [0, 0.1) is 0 Å². The lowest BCUT2D eigenvalue weighted by molar-refractivity contribution is -0.132. The van der Waals surface area contributed by atoms with E-state index in [-0.39, 0.29) is 5.91 Å². The smallest absolute Gasteiger partial charge is 0.227 e. The summed E-state index contributed by atoms with van der Waals surface area (Å²) >= 11 is 0. The lowest BCUT2D eigenvalue weighted by Gasteiger charge is -2.35. The van der Waals surface area contributed by atoms with E-state index in [9.17, 15) is 4.79 Å². The predicted octanol–water partition coefficient (Wildman–Crippen LogP) is 2.99. The van der Waals surface area contributed by atoms with Crippen molar-refractivity contribution < 1.29 is 19.0 Å². The summed E-state index contributed by atoms with van der Waals surface area (Å²) in [7, 11) is 3.21. The molecular formula is C23H30N2O4. The van der Waals surface area contributed by atoms with Crippen molar-refractivity contribution in [2.75, 3.05) is 47.0 Å². The first-order chi connectivity index (χ1) is 14.1. The quantitative estimate of drug-likeness (QED) is 0.684. The molecule has 0 atom stereocenters. The van der Waals surface area contributed by atoms with Gasteiger partial charge in [0, 0.05) is 32.7 Å². The molecule has 1 aliphatic heterocycles. The van der Waals surface area contributed by atoms with Crippen LogP contribution in [-0.2, 0) is 17.8 Å². The molecule has 1 heterocycles. The summed E-state index contributed by atoms with van der Waals surface area (Å²) in [6, 6.07) is 13.9. The summed E-state index contributed by atoms with van der Waals surface area (Å²) in [5.74, 6) is 2.38. The number of piperazine rings is 1. The minimum absolute atomic E-state index is 0.151. The Labute approximate surface area is 173 Å². The van der Waals surface area contributed by atoms with Gasteiger partial charge in [0.2, 0.25) is 5.91 Å². The molecule has 6 nitrogen and oxygen atoms in total. The molecule has 0 aliphatic carbocycles. The van der Waals surface area contributed by atoms with Crippen LogP contribution in [0.2, 0.25) is 0 Å². The largest absolute Gasteiger partial charge is 0.494 e. The van der Waals surface area contributed by atoms with Gasteiger partial charge < -0.3 is 19.1 Å². The van der Waals surface area contributed by atoms with Crippen LogP contribution in [0.5, 0.6) is 17.2 Å². The van der Waals surface area contributed by atoms with Gasteiger partial charge in [-0.3, -0.25) is 9.69 Å². The second-order valence-corrected chi connectivity index (χ2v) is 7.10. The van der Waals surface area contributed by atoms with Crippen LogP contribution in [0.3, 0.4) is 0 Å². The van der Waals surface area contributed by atoms with Crippen LogP contribution in [0.25, 0.3) is 0 Å². The van der Waals surface area contributed by atoms with Gasteiger partial charge in [-0.25, -0.2) is 0 Å². The topological polar surface area (TPSA) is 51.2 Å². The van der Waals surface area contributed by atoms with Gasteiger partial charge in [-0.1, -0.05) is 18.2 Å². The van der Waals surface area contributed by atoms with Gasteiger partial charge in [0.15, 0.2) is 11.5 Å². The SMILES string of the molecule is CCOc1ccc(CN2CCN(C(=O)Cc3ccc(OC)c(OC)c3)CC2)cc1. The molecule has 0 radical (unpaired) electrons. The van der Waals surface area contributed by atoms with Gasteiger partial charge >= 0.3 is 0 Å². The third-order valence-corrected chi connectivity index (χ3v) is 5.17. The standard InChI is InChI=1S/C23H30N2O4/c1-4-29-20-8-5-18(6-9-20)17-24-11-13-25(14-12-24)23(26)16-19-7-10-21(27-2)22(15-19)28-3/h5-10,15H,4,11-14,16-17H2,1-3H3. The van der Waals surface area contributed by atoms with Crippen molar-refractivity contribution in [1.82, 2.24) is 9.80 Å². The zero-order chi connectivity index (χ0) is 20.6. The maximum atomic E-state index is 12.7. The summed E-state index contributed by atoms with van der Waals surface area (Å²) in [5, 5.41) is 0. The normalized spacial score (nSPS) is 14.5. The van der Waals surface area contributed by atoms with Crippen molar-refractivity contribution in [1.29, 1.82) is 0 Å². The second kappa shape index (κ2) is 10.2. The monoisotopic (exact) mass is 398 g/mol. The van der Waals surface area contributed by atoms with Crippen LogP contribution in [0.4, 0.5) is 0 Å². The predicted molar refractivity (Wildman–Crippen MR) is 113 cm³/mol. The van der Waals surface area contributed by atoms with E-state index < -0.39 is 0 Å². The van der Waals surface area contributed by atoms with Gasteiger partial charge in [0.1, 0.15) is 5.75 Å². The lowest BCUT2D eigenvalue weighted by atomic mass is 10.1. The Morgan fingerprint density at radius 1 is 0.897 bits per heavy atom. The Hall–Kier alpha value is -2.73. The van der Waals surface area contributed by atoms with E-state index in [1.165, 1.54) is 5.56 Å². The maximum absolute atomic E-state index is 12.7. The average molecular weight is 399 g/mol. The maximum Gasteiger partial charge on any atom is 0.227 e. The molecule has 0 saturated carbocycles. The third kappa shape index (κ3) is 5.64. The molecule has 1 fully saturated rings. The number of hydrogen-bond donors (Lipinski definition) is 0. The van der Waals surface area contributed by atoms with Gasteiger partial charge in [-0.2, -0.15) is 0 Å². The Balaban J connectivity index is 1.49. The first-order valence-corrected chi connectivity index (χ1v) is 10.1. The number of amides is 1. The molecule has 1 amide bonds.